The lowest BCUT2D eigenvalue weighted by Gasteiger charge is -2.30. The van der Waals surface area contributed by atoms with Gasteiger partial charge in [-0.25, -0.2) is 0 Å². The fraction of sp³-hybridized carbons (Fsp3) is 0.550. The lowest BCUT2D eigenvalue weighted by molar-refractivity contribution is 0.0720. The Hall–Kier alpha value is -1.43. The fourth-order valence-electron chi connectivity index (χ4n) is 4.59. The van der Waals surface area contributed by atoms with Crippen LogP contribution in [0.2, 0.25) is 0 Å². The van der Waals surface area contributed by atoms with Crippen molar-refractivity contribution in [2.45, 2.75) is 13.3 Å². The van der Waals surface area contributed by atoms with Gasteiger partial charge in [-0.15, -0.1) is 11.3 Å². The number of amides is 1. The number of fused-ring (bicyclic) bond motifs is 1. The fourth-order valence-corrected chi connectivity index (χ4v) is 5.62. The first-order chi connectivity index (χ1) is 12.1. The molecule has 0 unspecified atom stereocenters. The van der Waals surface area contributed by atoms with Crippen molar-refractivity contribution >= 4 is 27.3 Å². The number of benzene rings is 1. The molecule has 0 bridgehead atoms. The summed E-state index contributed by atoms with van der Waals surface area (Å²) < 4.78 is 6.69. The largest absolute Gasteiger partial charge is 0.384 e. The number of nitrogens with zero attached hydrogens (tertiary/aromatic N) is 2. The third-order valence-electron chi connectivity index (χ3n) is 6.01. The van der Waals surface area contributed by atoms with Gasteiger partial charge in [0, 0.05) is 49.3 Å². The number of hydrogen-bond acceptors (Lipinski definition) is 4. The molecule has 2 saturated heterocycles. The molecule has 0 N–H and O–H groups in total. The first kappa shape index (κ1) is 17.0. The van der Waals surface area contributed by atoms with E-state index in [-0.39, 0.29) is 11.3 Å². The molecule has 2 aromatic rings. The number of carbonyl (C=O) groups is 1. The molecule has 1 aromatic heterocycles. The first-order valence-electron chi connectivity index (χ1n) is 9.14. The molecule has 0 radical (unpaired) electrons. The minimum atomic E-state index is 0.198. The van der Waals surface area contributed by atoms with Crippen LogP contribution in [0.3, 0.4) is 0 Å². The van der Waals surface area contributed by atoms with Crippen molar-refractivity contribution in [3.8, 4) is 0 Å². The van der Waals surface area contributed by atoms with Gasteiger partial charge in [-0.05, 0) is 30.5 Å². The maximum absolute atomic E-state index is 13.1. The number of hydrogen-bond donors (Lipinski definition) is 0. The normalized spacial score (nSPS) is 27.0. The van der Waals surface area contributed by atoms with E-state index < -0.39 is 0 Å². The summed E-state index contributed by atoms with van der Waals surface area (Å²) in [5.74, 6) is 0.724. The zero-order chi connectivity index (χ0) is 17.4. The molecule has 4 rings (SSSR count). The molecule has 0 saturated carbocycles. The molecule has 3 heterocycles. The van der Waals surface area contributed by atoms with E-state index in [0.29, 0.717) is 5.92 Å². The van der Waals surface area contributed by atoms with Crippen LogP contribution >= 0.6 is 11.3 Å². The molecule has 1 amide bonds. The summed E-state index contributed by atoms with van der Waals surface area (Å²) in [4.78, 5) is 18.5. The molecule has 134 valence electrons. The van der Waals surface area contributed by atoms with Gasteiger partial charge in [-0.3, -0.25) is 4.79 Å². The van der Waals surface area contributed by atoms with Gasteiger partial charge < -0.3 is 14.5 Å². The summed E-state index contributed by atoms with van der Waals surface area (Å²) in [5.41, 5.74) is 0.207. The van der Waals surface area contributed by atoms with Crippen molar-refractivity contribution in [1.29, 1.82) is 0 Å². The van der Waals surface area contributed by atoms with E-state index in [1.165, 1.54) is 10.1 Å². The monoisotopic (exact) mass is 358 g/mol. The van der Waals surface area contributed by atoms with E-state index in [2.05, 4.69) is 28.9 Å². The molecule has 2 fully saturated rings. The Kier molecular flexibility index (Phi) is 4.56. The number of ether oxygens (including phenoxy) is 1. The van der Waals surface area contributed by atoms with Crippen LogP contribution < -0.4 is 0 Å². The Labute approximate surface area is 153 Å². The van der Waals surface area contributed by atoms with Gasteiger partial charge in [-0.2, -0.15) is 0 Å². The molecule has 2 aliphatic rings. The molecular formula is C20H26N2O2S. The Morgan fingerprint density at radius 1 is 1.36 bits per heavy atom. The van der Waals surface area contributed by atoms with Gasteiger partial charge in [0.1, 0.15) is 0 Å². The second-order valence-corrected chi connectivity index (χ2v) is 8.55. The van der Waals surface area contributed by atoms with E-state index >= 15 is 0 Å². The highest BCUT2D eigenvalue weighted by Gasteiger charge is 2.50. The van der Waals surface area contributed by atoms with Crippen molar-refractivity contribution in [1.82, 2.24) is 9.80 Å². The molecule has 5 heteroatoms. The minimum Gasteiger partial charge on any atom is -0.384 e. The zero-order valence-electron chi connectivity index (χ0n) is 15.0. The topological polar surface area (TPSA) is 32.8 Å². The lowest BCUT2D eigenvalue weighted by atomic mass is 9.77. The SMILES string of the molecule is CCN1C[C@@H](COC)[C@]2(CCN(C(=O)c3cc4ccccc4s3)C2)C1. The molecule has 2 aliphatic heterocycles. The van der Waals surface area contributed by atoms with E-state index in [0.717, 1.165) is 50.6 Å². The summed E-state index contributed by atoms with van der Waals surface area (Å²) in [6.45, 7) is 8.00. The lowest BCUT2D eigenvalue weighted by Crippen LogP contribution is -2.38. The van der Waals surface area contributed by atoms with Gasteiger partial charge in [0.15, 0.2) is 0 Å². The highest BCUT2D eigenvalue weighted by molar-refractivity contribution is 7.20. The smallest absolute Gasteiger partial charge is 0.263 e. The zero-order valence-corrected chi connectivity index (χ0v) is 15.8. The summed E-state index contributed by atoms with van der Waals surface area (Å²) in [5, 5.41) is 1.17. The molecule has 2 atom stereocenters. The summed E-state index contributed by atoms with van der Waals surface area (Å²) >= 11 is 1.61. The predicted octanol–water partition coefficient (Wildman–Crippen LogP) is 3.33. The molecule has 1 spiro atoms. The first-order valence-corrected chi connectivity index (χ1v) is 9.96. The van der Waals surface area contributed by atoms with Crippen molar-refractivity contribution in [2.24, 2.45) is 11.3 Å². The Morgan fingerprint density at radius 3 is 2.96 bits per heavy atom. The number of methoxy groups -OCH3 is 1. The van der Waals surface area contributed by atoms with Gasteiger partial charge >= 0.3 is 0 Å². The predicted molar refractivity (Wildman–Crippen MR) is 102 cm³/mol. The van der Waals surface area contributed by atoms with Crippen LogP contribution in [-0.2, 0) is 4.74 Å². The van der Waals surface area contributed by atoms with Gasteiger partial charge in [0.2, 0.25) is 0 Å². The van der Waals surface area contributed by atoms with Crippen LogP contribution in [0.4, 0.5) is 0 Å². The second kappa shape index (κ2) is 6.71. The summed E-state index contributed by atoms with van der Waals surface area (Å²) in [7, 11) is 1.79. The third kappa shape index (κ3) is 2.98. The van der Waals surface area contributed by atoms with Gasteiger partial charge in [0.05, 0.1) is 11.5 Å². The highest BCUT2D eigenvalue weighted by atomic mass is 32.1. The van der Waals surface area contributed by atoms with Crippen molar-refractivity contribution in [2.75, 3.05) is 46.4 Å². The summed E-state index contributed by atoms with van der Waals surface area (Å²) in [6, 6.07) is 10.3. The third-order valence-corrected chi connectivity index (χ3v) is 7.11. The quantitative estimate of drug-likeness (QED) is 0.840. The van der Waals surface area contributed by atoms with Crippen molar-refractivity contribution in [3.63, 3.8) is 0 Å². The van der Waals surface area contributed by atoms with E-state index in [1.807, 2.05) is 18.2 Å². The average Bonchev–Trinajstić information content (AvgIpc) is 3.33. The Balaban J connectivity index is 1.53. The molecule has 4 nitrogen and oxygen atoms in total. The van der Waals surface area contributed by atoms with Gasteiger partial charge in [-0.1, -0.05) is 25.1 Å². The second-order valence-electron chi connectivity index (χ2n) is 7.47. The van der Waals surface area contributed by atoms with Crippen LogP contribution in [0.15, 0.2) is 30.3 Å². The maximum atomic E-state index is 13.1. The minimum absolute atomic E-state index is 0.198. The van der Waals surface area contributed by atoms with Crippen LogP contribution in [0, 0.1) is 11.3 Å². The number of thiophene rings is 1. The highest BCUT2D eigenvalue weighted by Crippen LogP contribution is 2.44. The van der Waals surface area contributed by atoms with Crippen molar-refractivity contribution in [3.05, 3.63) is 35.2 Å². The molecule has 1 aromatic carbocycles. The van der Waals surface area contributed by atoms with Crippen LogP contribution in [0.1, 0.15) is 23.0 Å². The van der Waals surface area contributed by atoms with E-state index in [1.54, 1.807) is 18.4 Å². The van der Waals surface area contributed by atoms with E-state index in [9.17, 15) is 4.79 Å². The maximum Gasteiger partial charge on any atom is 0.263 e. The number of carbonyl (C=O) groups excluding carboxylic acids is 1. The van der Waals surface area contributed by atoms with Crippen LogP contribution in [-0.4, -0.2) is 62.1 Å². The standard InChI is InChI=1S/C20H26N2O2S/c1-3-21-11-16(12-24-2)20(13-21)8-9-22(14-20)19(23)18-10-15-6-4-5-7-17(15)25-18/h4-7,10,16H,3,8-9,11-14H2,1-2H3/t16-,20+/m0/s1. The number of likely N-dealkylation sites (tertiary alicyclic amines) is 2. The Morgan fingerprint density at radius 2 is 2.20 bits per heavy atom. The Bertz CT molecular complexity index is 741. The average molecular weight is 359 g/mol. The van der Waals surface area contributed by atoms with Gasteiger partial charge in [0.25, 0.3) is 5.91 Å². The van der Waals surface area contributed by atoms with Crippen molar-refractivity contribution < 1.29 is 9.53 Å². The summed E-state index contributed by atoms with van der Waals surface area (Å²) in [6.07, 6.45) is 1.09. The molecule has 25 heavy (non-hydrogen) atoms. The number of rotatable bonds is 4. The van der Waals surface area contributed by atoms with Crippen LogP contribution in [0.5, 0.6) is 0 Å². The molecular weight excluding hydrogens is 332 g/mol. The van der Waals surface area contributed by atoms with Crippen LogP contribution in [0.25, 0.3) is 10.1 Å². The van der Waals surface area contributed by atoms with E-state index in [4.69, 9.17) is 4.74 Å². The molecule has 0 aliphatic carbocycles.